The molecule has 0 radical (unpaired) electrons. The minimum atomic E-state index is 0.810. The third-order valence-corrected chi connectivity index (χ3v) is 1.22. The van der Waals surface area contributed by atoms with Crippen molar-refractivity contribution in [2.45, 2.75) is 6.92 Å². The molecule has 10 heavy (non-hydrogen) atoms. The Balaban J connectivity index is 0.000000371. The average Bonchev–Trinajstić information content (AvgIpc) is 1.91. The van der Waals surface area contributed by atoms with Gasteiger partial charge in [-0.05, 0) is 24.6 Å². The first kappa shape index (κ1) is 9.94. The Morgan fingerprint density at radius 2 is 1.90 bits per heavy atom. The lowest BCUT2D eigenvalue weighted by atomic mass is 10.2. The van der Waals surface area contributed by atoms with Gasteiger partial charge in [-0.2, -0.15) is 0 Å². The number of halogens is 1. The van der Waals surface area contributed by atoms with Crippen LogP contribution in [0.25, 0.3) is 0 Å². The van der Waals surface area contributed by atoms with E-state index < -0.39 is 0 Å². The fraction of sp³-hybridized carbons (Fsp3) is 0.250. The molecule has 0 amide bonds. The zero-order valence-corrected chi connectivity index (χ0v) is 8.18. The third-order valence-electron chi connectivity index (χ3n) is 0.980. The lowest BCUT2D eigenvalue weighted by Gasteiger charge is -1.88. The second-order valence-electron chi connectivity index (χ2n) is 1.80. The molecule has 0 heterocycles. The largest absolute Gasteiger partial charge is 0.141 e. The van der Waals surface area contributed by atoms with Gasteiger partial charge < -0.3 is 0 Å². The van der Waals surface area contributed by atoms with Crippen molar-refractivity contribution in [2.75, 3.05) is 6.66 Å². The predicted octanol–water partition coefficient (Wildman–Crippen LogP) is 3.14. The summed E-state index contributed by atoms with van der Waals surface area (Å²) in [4.78, 5) is 0. The van der Waals surface area contributed by atoms with Gasteiger partial charge in [-0.3, -0.25) is 0 Å². The molecule has 0 aliphatic heterocycles. The molecule has 0 nitrogen and oxygen atoms in total. The molecular formula is C8H12ClP. The summed E-state index contributed by atoms with van der Waals surface area (Å²) in [5.74, 6) is 0. The normalized spacial score (nSPS) is 8.00. The fourth-order valence-electron chi connectivity index (χ4n) is 0.606. The molecule has 1 aromatic rings. The maximum Gasteiger partial charge on any atom is 0.0408 e. The van der Waals surface area contributed by atoms with Crippen LogP contribution in [-0.4, -0.2) is 6.66 Å². The molecule has 1 rings (SSSR count). The third kappa shape index (κ3) is 3.87. The second-order valence-corrected chi connectivity index (χ2v) is 2.24. The van der Waals surface area contributed by atoms with Gasteiger partial charge in [-0.25, -0.2) is 0 Å². The van der Waals surface area contributed by atoms with E-state index in [0.29, 0.717) is 0 Å². The summed E-state index contributed by atoms with van der Waals surface area (Å²) in [5, 5.41) is 0.810. The minimum Gasteiger partial charge on any atom is -0.141 e. The van der Waals surface area contributed by atoms with Crippen molar-refractivity contribution >= 4 is 20.8 Å². The Morgan fingerprint density at radius 3 is 2.20 bits per heavy atom. The summed E-state index contributed by atoms with van der Waals surface area (Å²) in [6, 6.07) is 7.76. The van der Waals surface area contributed by atoms with Crippen molar-refractivity contribution in [1.82, 2.24) is 0 Å². The van der Waals surface area contributed by atoms with Crippen molar-refractivity contribution in [3.63, 3.8) is 0 Å². The van der Waals surface area contributed by atoms with Gasteiger partial charge in [0.1, 0.15) is 0 Å². The van der Waals surface area contributed by atoms with Gasteiger partial charge >= 0.3 is 0 Å². The average molecular weight is 175 g/mol. The van der Waals surface area contributed by atoms with Crippen LogP contribution < -0.4 is 0 Å². The molecule has 0 saturated heterocycles. The first-order chi connectivity index (χ1) is 4.79. The highest BCUT2D eigenvalue weighted by Crippen LogP contribution is 2.08. The summed E-state index contributed by atoms with van der Waals surface area (Å²) in [6.07, 6.45) is 0. The Hall–Kier alpha value is -0.0600. The molecule has 0 aromatic heterocycles. The van der Waals surface area contributed by atoms with Crippen molar-refractivity contribution < 1.29 is 0 Å². The van der Waals surface area contributed by atoms with Crippen LogP contribution in [0.4, 0.5) is 0 Å². The fourth-order valence-corrected chi connectivity index (χ4v) is 0.850. The van der Waals surface area contributed by atoms with E-state index >= 15 is 0 Å². The topological polar surface area (TPSA) is 0 Å². The summed E-state index contributed by atoms with van der Waals surface area (Å²) in [7, 11) is 2.42. The molecule has 0 spiro atoms. The number of aryl methyl sites for hydroxylation is 1. The maximum absolute atomic E-state index is 5.64. The lowest BCUT2D eigenvalue weighted by molar-refractivity contribution is 1.47. The molecule has 2 heteroatoms. The monoisotopic (exact) mass is 174 g/mol. The Morgan fingerprint density at radius 1 is 1.30 bits per heavy atom. The highest BCUT2D eigenvalue weighted by molar-refractivity contribution is 7.15. The van der Waals surface area contributed by atoms with Crippen molar-refractivity contribution in [2.24, 2.45) is 0 Å². The van der Waals surface area contributed by atoms with Crippen LogP contribution in [0.1, 0.15) is 5.56 Å². The summed E-state index contributed by atoms with van der Waals surface area (Å²) in [6.45, 7) is 3.94. The SMILES string of the molecule is CP.Cc1cccc(Cl)c1. The van der Waals surface area contributed by atoms with Gasteiger partial charge in [-0.15, -0.1) is 9.24 Å². The quantitative estimate of drug-likeness (QED) is 0.530. The molecule has 0 aliphatic rings. The van der Waals surface area contributed by atoms with Crippen molar-refractivity contribution in [3.8, 4) is 0 Å². The molecule has 0 bridgehead atoms. The molecule has 1 aromatic carbocycles. The van der Waals surface area contributed by atoms with Crippen molar-refractivity contribution in [1.29, 1.82) is 0 Å². The van der Waals surface area contributed by atoms with E-state index in [1.807, 2.05) is 37.9 Å². The Labute approximate surface area is 69.8 Å². The van der Waals surface area contributed by atoms with Crippen LogP contribution in [-0.2, 0) is 0 Å². The first-order valence-electron chi connectivity index (χ1n) is 3.09. The second kappa shape index (κ2) is 5.70. The summed E-state index contributed by atoms with van der Waals surface area (Å²) in [5.41, 5.74) is 1.21. The van der Waals surface area contributed by atoms with Gasteiger partial charge in [0, 0.05) is 5.02 Å². The summed E-state index contributed by atoms with van der Waals surface area (Å²) >= 11 is 5.64. The number of hydrogen-bond acceptors (Lipinski definition) is 0. The Bertz CT molecular complexity index is 169. The number of hydrogen-bond donors (Lipinski definition) is 0. The Kier molecular flexibility index (Phi) is 5.67. The van der Waals surface area contributed by atoms with Gasteiger partial charge in [0.2, 0.25) is 0 Å². The van der Waals surface area contributed by atoms with E-state index in [2.05, 4.69) is 9.24 Å². The van der Waals surface area contributed by atoms with Crippen LogP contribution in [0.2, 0.25) is 5.02 Å². The first-order valence-corrected chi connectivity index (χ1v) is 4.62. The van der Waals surface area contributed by atoms with Crippen LogP contribution in [0.5, 0.6) is 0 Å². The van der Waals surface area contributed by atoms with Crippen LogP contribution >= 0.6 is 20.8 Å². The molecule has 56 valence electrons. The van der Waals surface area contributed by atoms with E-state index in [-0.39, 0.29) is 0 Å². The molecule has 0 N–H and O–H groups in total. The predicted molar refractivity (Wildman–Crippen MR) is 51.8 cm³/mol. The molecule has 1 atom stereocenters. The molecule has 1 unspecified atom stereocenters. The van der Waals surface area contributed by atoms with Crippen LogP contribution in [0, 0.1) is 6.92 Å². The molecule has 0 aliphatic carbocycles. The summed E-state index contributed by atoms with van der Waals surface area (Å²) < 4.78 is 0. The van der Waals surface area contributed by atoms with Crippen LogP contribution in [0.15, 0.2) is 24.3 Å². The number of benzene rings is 1. The highest BCUT2D eigenvalue weighted by atomic mass is 35.5. The van der Waals surface area contributed by atoms with Crippen LogP contribution in [0.3, 0.4) is 0 Å². The molecule has 0 fully saturated rings. The van der Waals surface area contributed by atoms with Gasteiger partial charge in [0.25, 0.3) is 0 Å². The highest BCUT2D eigenvalue weighted by Gasteiger charge is 1.82. The molecule has 0 saturated carbocycles. The van der Waals surface area contributed by atoms with Gasteiger partial charge in [0.05, 0.1) is 0 Å². The van der Waals surface area contributed by atoms with Gasteiger partial charge in [0.15, 0.2) is 0 Å². The maximum atomic E-state index is 5.64. The standard InChI is InChI=1S/C7H7Cl.CH5P/c1-6-3-2-4-7(8)5-6;1-2/h2-5H,1H3;2H2,1H3. The van der Waals surface area contributed by atoms with Gasteiger partial charge in [-0.1, -0.05) is 30.4 Å². The van der Waals surface area contributed by atoms with E-state index in [1.165, 1.54) is 5.56 Å². The zero-order valence-electron chi connectivity index (χ0n) is 6.26. The van der Waals surface area contributed by atoms with E-state index in [4.69, 9.17) is 11.6 Å². The van der Waals surface area contributed by atoms with E-state index in [0.717, 1.165) is 5.02 Å². The number of rotatable bonds is 0. The zero-order chi connectivity index (χ0) is 7.98. The lowest BCUT2D eigenvalue weighted by Crippen LogP contribution is -1.66. The van der Waals surface area contributed by atoms with E-state index in [1.54, 1.807) is 0 Å². The minimum absolute atomic E-state index is 0.810. The van der Waals surface area contributed by atoms with Crippen molar-refractivity contribution in [3.05, 3.63) is 34.9 Å². The molecular weight excluding hydrogens is 163 g/mol. The van der Waals surface area contributed by atoms with E-state index in [9.17, 15) is 0 Å². The smallest absolute Gasteiger partial charge is 0.0408 e.